The van der Waals surface area contributed by atoms with E-state index in [0.29, 0.717) is 12.8 Å². The number of ether oxygens (including phenoxy) is 1. The Kier molecular flexibility index (Phi) is 4.91. The van der Waals surface area contributed by atoms with Gasteiger partial charge in [0.2, 0.25) is 10.0 Å². The topological polar surface area (TPSA) is 83.9 Å². The molecule has 1 N–H and O–H groups in total. The fraction of sp³-hybridized carbons (Fsp3) is 0.900. The Hall–Kier alpha value is -0.660. The molecule has 0 aromatic carbocycles. The quantitative estimate of drug-likeness (QED) is 0.765. The first-order chi connectivity index (χ1) is 7.88. The molecule has 0 radical (unpaired) electrons. The molecule has 1 fully saturated rings. The fourth-order valence-corrected chi connectivity index (χ4v) is 3.72. The van der Waals surface area contributed by atoms with Crippen LogP contribution in [0.5, 0.6) is 0 Å². The van der Waals surface area contributed by atoms with Crippen LogP contribution in [0.4, 0.5) is 0 Å². The Bertz CT molecular complexity index is 367. The molecule has 1 aliphatic rings. The van der Waals surface area contributed by atoms with E-state index < -0.39 is 21.9 Å². The molecule has 1 rings (SSSR count). The lowest BCUT2D eigenvalue weighted by Gasteiger charge is -2.35. The molecule has 0 aromatic rings. The normalized spacial score (nSPS) is 26.9. The molecule has 100 valence electrons. The van der Waals surface area contributed by atoms with Crippen LogP contribution < -0.4 is 0 Å². The van der Waals surface area contributed by atoms with Crippen molar-refractivity contribution in [3.8, 4) is 0 Å². The van der Waals surface area contributed by atoms with Crippen molar-refractivity contribution in [1.29, 1.82) is 0 Å². The summed E-state index contributed by atoms with van der Waals surface area (Å²) in [5.41, 5.74) is 0. The Morgan fingerprint density at radius 3 is 2.65 bits per heavy atom. The first-order valence-corrected chi connectivity index (χ1v) is 7.20. The Labute approximate surface area is 102 Å². The summed E-state index contributed by atoms with van der Waals surface area (Å²) in [5.74, 6) is -1.32. The number of rotatable bonds is 5. The van der Waals surface area contributed by atoms with Gasteiger partial charge in [0.05, 0.1) is 18.3 Å². The third-order valence-electron chi connectivity index (χ3n) is 3.07. The van der Waals surface area contributed by atoms with Gasteiger partial charge < -0.3 is 9.84 Å². The zero-order chi connectivity index (χ0) is 13.1. The summed E-state index contributed by atoms with van der Waals surface area (Å²) in [4.78, 5) is 10.8. The molecule has 6 nitrogen and oxygen atoms in total. The molecule has 1 heterocycles. The summed E-state index contributed by atoms with van der Waals surface area (Å²) < 4.78 is 30.0. The van der Waals surface area contributed by atoms with Crippen molar-refractivity contribution in [3.63, 3.8) is 0 Å². The van der Waals surface area contributed by atoms with E-state index in [1.54, 1.807) is 6.92 Å². The largest absolute Gasteiger partial charge is 0.481 e. The van der Waals surface area contributed by atoms with Gasteiger partial charge in [-0.2, -0.15) is 4.31 Å². The van der Waals surface area contributed by atoms with Gasteiger partial charge in [-0.1, -0.05) is 0 Å². The Morgan fingerprint density at radius 1 is 1.53 bits per heavy atom. The maximum absolute atomic E-state index is 11.9. The van der Waals surface area contributed by atoms with Crippen LogP contribution in [0.25, 0.3) is 0 Å². The van der Waals surface area contributed by atoms with Gasteiger partial charge >= 0.3 is 5.97 Å². The highest BCUT2D eigenvalue weighted by Crippen LogP contribution is 2.25. The number of piperidine rings is 1. The molecule has 0 bridgehead atoms. The number of carboxylic acids is 1. The molecule has 2 unspecified atom stereocenters. The number of nitrogens with zero attached hydrogens (tertiary/aromatic N) is 1. The minimum absolute atomic E-state index is 0.0500. The highest BCUT2D eigenvalue weighted by Gasteiger charge is 2.35. The standard InChI is InChI=1S/C10H19NO5S/c1-8-7-9(10(12)13)3-4-11(8)17(14,15)6-5-16-2/h8-9H,3-7H2,1-2H3,(H,12,13). The SMILES string of the molecule is COCCS(=O)(=O)N1CCC(C(=O)O)CC1C. The van der Waals surface area contributed by atoms with Gasteiger partial charge in [0.25, 0.3) is 0 Å². The summed E-state index contributed by atoms with van der Waals surface area (Å²) in [6.45, 7) is 2.19. The van der Waals surface area contributed by atoms with Crippen LogP contribution in [0.2, 0.25) is 0 Å². The second-order valence-electron chi connectivity index (χ2n) is 4.33. The Balaban J connectivity index is 2.66. The lowest BCUT2D eigenvalue weighted by Crippen LogP contribution is -2.47. The van der Waals surface area contributed by atoms with Crippen molar-refractivity contribution in [3.05, 3.63) is 0 Å². The van der Waals surface area contributed by atoms with E-state index >= 15 is 0 Å². The van der Waals surface area contributed by atoms with E-state index in [0.717, 1.165) is 0 Å². The Morgan fingerprint density at radius 2 is 2.18 bits per heavy atom. The van der Waals surface area contributed by atoms with Crippen LogP contribution in [0.15, 0.2) is 0 Å². The second-order valence-corrected chi connectivity index (χ2v) is 6.37. The van der Waals surface area contributed by atoms with Gasteiger partial charge in [-0.15, -0.1) is 0 Å². The first-order valence-electron chi connectivity index (χ1n) is 5.59. The van der Waals surface area contributed by atoms with E-state index in [1.165, 1.54) is 11.4 Å². The van der Waals surface area contributed by atoms with E-state index in [-0.39, 0.29) is 24.9 Å². The van der Waals surface area contributed by atoms with E-state index in [1.807, 2.05) is 0 Å². The third kappa shape index (κ3) is 3.65. The molecule has 0 spiro atoms. The van der Waals surface area contributed by atoms with Crippen molar-refractivity contribution in [2.45, 2.75) is 25.8 Å². The van der Waals surface area contributed by atoms with Gasteiger partial charge in [-0.3, -0.25) is 4.79 Å². The van der Waals surface area contributed by atoms with Crippen molar-refractivity contribution in [2.75, 3.05) is 26.0 Å². The zero-order valence-electron chi connectivity index (χ0n) is 10.1. The number of sulfonamides is 1. The van der Waals surface area contributed by atoms with Crippen molar-refractivity contribution in [2.24, 2.45) is 5.92 Å². The molecular formula is C10H19NO5S. The average molecular weight is 265 g/mol. The maximum atomic E-state index is 11.9. The van der Waals surface area contributed by atoms with Crippen molar-refractivity contribution < 1.29 is 23.1 Å². The molecule has 1 saturated heterocycles. The van der Waals surface area contributed by atoms with Crippen molar-refractivity contribution >= 4 is 16.0 Å². The fourth-order valence-electron chi connectivity index (χ4n) is 2.09. The minimum Gasteiger partial charge on any atom is -0.481 e. The number of methoxy groups -OCH3 is 1. The predicted molar refractivity (Wildman–Crippen MR) is 62.2 cm³/mol. The number of carboxylic acid groups (broad SMARTS) is 1. The number of carbonyl (C=O) groups is 1. The van der Waals surface area contributed by atoms with Crippen LogP contribution in [0, 0.1) is 5.92 Å². The summed E-state index contributed by atoms with van der Waals surface area (Å²) in [5, 5.41) is 8.90. The maximum Gasteiger partial charge on any atom is 0.306 e. The van der Waals surface area contributed by atoms with Crippen LogP contribution in [-0.4, -0.2) is 55.9 Å². The molecule has 0 aromatic heterocycles. The molecular weight excluding hydrogens is 246 g/mol. The summed E-state index contributed by atoms with van der Waals surface area (Å²) >= 11 is 0. The summed E-state index contributed by atoms with van der Waals surface area (Å²) in [6, 6.07) is -0.258. The molecule has 7 heteroatoms. The van der Waals surface area contributed by atoms with E-state index in [4.69, 9.17) is 9.84 Å². The highest BCUT2D eigenvalue weighted by molar-refractivity contribution is 7.89. The second kappa shape index (κ2) is 5.79. The molecule has 0 amide bonds. The van der Waals surface area contributed by atoms with Gasteiger partial charge in [0, 0.05) is 19.7 Å². The number of hydrogen-bond donors (Lipinski definition) is 1. The van der Waals surface area contributed by atoms with Crippen molar-refractivity contribution in [1.82, 2.24) is 4.31 Å². The number of hydrogen-bond acceptors (Lipinski definition) is 4. The molecule has 2 atom stereocenters. The van der Waals surface area contributed by atoms with Crippen LogP contribution >= 0.6 is 0 Å². The predicted octanol–water partition coefficient (Wildman–Crippen LogP) is 0.148. The molecule has 17 heavy (non-hydrogen) atoms. The minimum atomic E-state index is -3.33. The van der Waals surface area contributed by atoms with E-state index in [9.17, 15) is 13.2 Å². The smallest absolute Gasteiger partial charge is 0.306 e. The zero-order valence-corrected chi connectivity index (χ0v) is 10.9. The lowest BCUT2D eigenvalue weighted by molar-refractivity contribution is -0.143. The van der Waals surface area contributed by atoms with Gasteiger partial charge in [0.15, 0.2) is 0 Å². The highest BCUT2D eigenvalue weighted by atomic mass is 32.2. The summed E-state index contributed by atoms with van der Waals surface area (Å²) in [7, 11) is -1.87. The number of aliphatic carboxylic acids is 1. The van der Waals surface area contributed by atoms with Crippen LogP contribution in [0.3, 0.4) is 0 Å². The lowest BCUT2D eigenvalue weighted by atomic mass is 9.93. The van der Waals surface area contributed by atoms with E-state index in [2.05, 4.69) is 0 Å². The van der Waals surface area contributed by atoms with Crippen LogP contribution in [-0.2, 0) is 19.6 Å². The van der Waals surface area contributed by atoms with Gasteiger partial charge in [-0.25, -0.2) is 8.42 Å². The molecule has 0 saturated carbocycles. The average Bonchev–Trinajstić information content (AvgIpc) is 2.25. The molecule has 1 aliphatic heterocycles. The van der Waals surface area contributed by atoms with Gasteiger partial charge in [-0.05, 0) is 19.8 Å². The monoisotopic (exact) mass is 265 g/mol. The molecule has 0 aliphatic carbocycles. The van der Waals surface area contributed by atoms with Crippen LogP contribution in [0.1, 0.15) is 19.8 Å². The third-order valence-corrected chi connectivity index (χ3v) is 5.01. The first kappa shape index (κ1) is 14.4. The van der Waals surface area contributed by atoms with Gasteiger partial charge in [0.1, 0.15) is 0 Å². The summed E-state index contributed by atoms with van der Waals surface area (Å²) in [6.07, 6.45) is 0.757.